The Bertz CT molecular complexity index is 909. The highest BCUT2D eigenvalue weighted by atomic mass is 16.2. The predicted molar refractivity (Wildman–Crippen MR) is 109 cm³/mol. The molecule has 1 aliphatic heterocycles. The van der Waals surface area contributed by atoms with Gasteiger partial charge in [-0.15, -0.1) is 0 Å². The van der Waals surface area contributed by atoms with Gasteiger partial charge in [-0.1, -0.05) is 38.1 Å². The van der Waals surface area contributed by atoms with E-state index in [9.17, 15) is 14.4 Å². The monoisotopic (exact) mass is 379 g/mol. The van der Waals surface area contributed by atoms with Crippen molar-refractivity contribution in [3.05, 3.63) is 59.7 Å². The molecule has 2 unspecified atom stereocenters. The van der Waals surface area contributed by atoms with Gasteiger partial charge in [0.1, 0.15) is 0 Å². The quantitative estimate of drug-likeness (QED) is 0.807. The molecular weight excluding hydrogens is 354 g/mol. The summed E-state index contributed by atoms with van der Waals surface area (Å²) in [4.78, 5) is 38.3. The third-order valence-electron chi connectivity index (χ3n) is 5.28. The van der Waals surface area contributed by atoms with Gasteiger partial charge in [-0.05, 0) is 42.2 Å². The third kappa shape index (κ3) is 4.06. The van der Waals surface area contributed by atoms with E-state index in [0.29, 0.717) is 23.7 Å². The molecule has 3 amide bonds. The first kappa shape index (κ1) is 19.6. The smallest absolute Gasteiger partial charge is 0.248 e. The van der Waals surface area contributed by atoms with Crippen molar-refractivity contribution in [2.75, 3.05) is 16.8 Å². The van der Waals surface area contributed by atoms with Crippen molar-refractivity contribution in [1.29, 1.82) is 0 Å². The van der Waals surface area contributed by atoms with Gasteiger partial charge in [0.25, 0.3) is 0 Å². The minimum atomic E-state index is -0.556. The molecule has 0 radical (unpaired) electrons. The van der Waals surface area contributed by atoms with Crippen LogP contribution in [-0.4, -0.2) is 24.3 Å². The van der Waals surface area contributed by atoms with Crippen molar-refractivity contribution in [2.24, 2.45) is 11.7 Å². The fourth-order valence-corrected chi connectivity index (χ4v) is 3.48. The zero-order chi connectivity index (χ0) is 20.3. The molecule has 0 aliphatic carbocycles. The summed E-state index contributed by atoms with van der Waals surface area (Å²) in [6.07, 6.45) is 1.13. The topological polar surface area (TPSA) is 92.5 Å². The Labute approximate surface area is 164 Å². The molecule has 0 saturated carbocycles. The second-order valence-corrected chi connectivity index (χ2v) is 7.21. The van der Waals surface area contributed by atoms with Crippen LogP contribution in [-0.2, 0) is 9.59 Å². The zero-order valence-corrected chi connectivity index (χ0v) is 16.1. The molecule has 3 rings (SSSR count). The molecule has 28 heavy (non-hydrogen) atoms. The van der Waals surface area contributed by atoms with Crippen molar-refractivity contribution in [2.45, 2.75) is 32.6 Å². The SMILES string of the molecule is CCC(C)c1ccccc1N1CC(C(=O)Nc2cccc(C(N)=O)c2)CC1=O. The Morgan fingerprint density at radius 1 is 1.21 bits per heavy atom. The summed E-state index contributed by atoms with van der Waals surface area (Å²) in [5, 5.41) is 2.79. The Hall–Kier alpha value is -3.15. The highest BCUT2D eigenvalue weighted by Crippen LogP contribution is 2.33. The Balaban J connectivity index is 1.75. The van der Waals surface area contributed by atoms with Crippen LogP contribution in [0, 0.1) is 5.92 Å². The van der Waals surface area contributed by atoms with Crippen LogP contribution in [0.4, 0.5) is 11.4 Å². The van der Waals surface area contributed by atoms with Crippen LogP contribution >= 0.6 is 0 Å². The molecule has 1 fully saturated rings. The maximum atomic E-state index is 12.7. The Morgan fingerprint density at radius 2 is 1.96 bits per heavy atom. The highest BCUT2D eigenvalue weighted by Gasteiger charge is 2.36. The molecule has 0 spiro atoms. The van der Waals surface area contributed by atoms with Crippen LogP contribution in [0.25, 0.3) is 0 Å². The number of rotatable bonds is 6. The summed E-state index contributed by atoms with van der Waals surface area (Å²) in [5.74, 6) is -0.969. The van der Waals surface area contributed by atoms with Gasteiger partial charge < -0.3 is 16.0 Å². The molecule has 146 valence electrons. The second-order valence-electron chi connectivity index (χ2n) is 7.21. The Kier molecular flexibility index (Phi) is 5.78. The highest BCUT2D eigenvalue weighted by molar-refractivity contribution is 6.04. The standard InChI is InChI=1S/C22H25N3O3/c1-3-14(2)18-9-4-5-10-19(18)25-13-16(12-20(25)26)22(28)24-17-8-6-7-15(11-17)21(23)27/h4-11,14,16H,3,12-13H2,1-2H3,(H2,23,27)(H,24,28). The molecule has 2 atom stereocenters. The van der Waals surface area contributed by atoms with Gasteiger partial charge in [0, 0.05) is 29.9 Å². The number of benzene rings is 2. The van der Waals surface area contributed by atoms with Gasteiger partial charge >= 0.3 is 0 Å². The summed E-state index contributed by atoms with van der Waals surface area (Å²) in [6.45, 7) is 4.59. The van der Waals surface area contributed by atoms with E-state index < -0.39 is 11.8 Å². The fraction of sp³-hybridized carbons (Fsp3) is 0.318. The maximum absolute atomic E-state index is 12.7. The van der Waals surface area contributed by atoms with E-state index >= 15 is 0 Å². The number of primary amides is 1. The molecule has 6 nitrogen and oxygen atoms in total. The van der Waals surface area contributed by atoms with Gasteiger partial charge in [-0.2, -0.15) is 0 Å². The molecule has 0 bridgehead atoms. The number of nitrogens with zero attached hydrogens (tertiary/aromatic N) is 1. The first-order valence-corrected chi connectivity index (χ1v) is 9.50. The lowest BCUT2D eigenvalue weighted by Crippen LogP contribution is -2.29. The molecule has 1 saturated heterocycles. The van der Waals surface area contributed by atoms with Gasteiger partial charge in [-0.25, -0.2) is 0 Å². The van der Waals surface area contributed by atoms with Crippen molar-refractivity contribution in [1.82, 2.24) is 0 Å². The van der Waals surface area contributed by atoms with Gasteiger partial charge in [0.05, 0.1) is 5.92 Å². The van der Waals surface area contributed by atoms with E-state index in [1.54, 1.807) is 23.1 Å². The number of para-hydroxylation sites is 1. The summed E-state index contributed by atoms with van der Waals surface area (Å²) in [7, 11) is 0. The molecule has 3 N–H and O–H groups in total. The molecule has 1 heterocycles. The first-order valence-electron chi connectivity index (χ1n) is 9.50. The number of anilines is 2. The predicted octanol–water partition coefficient (Wildman–Crippen LogP) is 3.29. The van der Waals surface area contributed by atoms with Crippen LogP contribution in [0.3, 0.4) is 0 Å². The molecule has 2 aromatic rings. The number of nitrogens with two attached hydrogens (primary N) is 1. The normalized spacial score (nSPS) is 17.4. The van der Waals surface area contributed by atoms with Crippen molar-refractivity contribution in [3.8, 4) is 0 Å². The number of amides is 3. The number of carbonyl (C=O) groups is 3. The van der Waals surface area contributed by atoms with Crippen LogP contribution in [0.15, 0.2) is 48.5 Å². The summed E-state index contributed by atoms with van der Waals surface area (Å²) < 4.78 is 0. The lowest BCUT2D eigenvalue weighted by molar-refractivity contribution is -0.122. The summed E-state index contributed by atoms with van der Waals surface area (Å²) >= 11 is 0. The van der Waals surface area contributed by atoms with E-state index in [1.807, 2.05) is 24.3 Å². The maximum Gasteiger partial charge on any atom is 0.248 e. The molecule has 0 aromatic heterocycles. The van der Waals surface area contributed by atoms with E-state index in [-0.39, 0.29) is 18.2 Å². The summed E-state index contributed by atoms with van der Waals surface area (Å²) in [6, 6.07) is 14.3. The zero-order valence-electron chi connectivity index (χ0n) is 16.1. The number of hydrogen-bond acceptors (Lipinski definition) is 3. The van der Waals surface area contributed by atoms with Gasteiger partial charge in [-0.3, -0.25) is 14.4 Å². The number of carbonyl (C=O) groups excluding carboxylic acids is 3. The van der Waals surface area contributed by atoms with Crippen LogP contribution in [0.5, 0.6) is 0 Å². The van der Waals surface area contributed by atoms with Gasteiger partial charge in [0.15, 0.2) is 0 Å². The van der Waals surface area contributed by atoms with E-state index in [0.717, 1.165) is 17.7 Å². The van der Waals surface area contributed by atoms with Crippen LogP contribution < -0.4 is 16.0 Å². The largest absolute Gasteiger partial charge is 0.366 e. The molecular formula is C22H25N3O3. The minimum absolute atomic E-state index is 0.0539. The number of hydrogen-bond donors (Lipinski definition) is 2. The number of nitrogens with one attached hydrogen (secondary N) is 1. The average molecular weight is 379 g/mol. The van der Waals surface area contributed by atoms with Crippen LogP contribution in [0.2, 0.25) is 0 Å². The van der Waals surface area contributed by atoms with E-state index in [4.69, 9.17) is 5.73 Å². The Morgan fingerprint density at radius 3 is 2.68 bits per heavy atom. The van der Waals surface area contributed by atoms with Gasteiger partial charge in [0.2, 0.25) is 17.7 Å². The van der Waals surface area contributed by atoms with Crippen molar-refractivity contribution >= 4 is 29.1 Å². The summed E-state index contributed by atoms with van der Waals surface area (Å²) in [5.41, 5.74) is 8.10. The molecule has 1 aliphatic rings. The second kappa shape index (κ2) is 8.25. The van der Waals surface area contributed by atoms with Crippen molar-refractivity contribution in [3.63, 3.8) is 0 Å². The fourth-order valence-electron chi connectivity index (χ4n) is 3.48. The van der Waals surface area contributed by atoms with E-state index in [2.05, 4.69) is 19.2 Å². The van der Waals surface area contributed by atoms with Crippen LogP contribution in [0.1, 0.15) is 48.5 Å². The lowest BCUT2D eigenvalue weighted by atomic mass is 9.96. The van der Waals surface area contributed by atoms with Crippen molar-refractivity contribution < 1.29 is 14.4 Å². The average Bonchev–Trinajstić information content (AvgIpc) is 3.09. The third-order valence-corrected chi connectivity index (χ3v) is 5.28. The lowest BCUT2D eigenvalue weighted by Gasteiger charge is -2.23. The van der Waals surface area contributed by atoms with E-state index in [1.165, 1.54) is 6.07 Å². The molecule has 2 aromatic carbocycles. The minimum Gasteiger partial charge on any atom is -0.366 e. The molecule has 6 heteroatoms. The first-order chi connectivity index (χ1) is 13.4.